The molecule has 26 heavy (non-hydrogen) atoms. The van der Waals surface area contributed by atoms with Gasteiger partial charge in [0.15, 0.2) is 11.3 Å². The Labute approximate surface area is 166 Å². The van der Waals surface area contributed by atoms with E-state index < -0.39 is 11.5 Å². The maximum Gasteiger partial charge on any atom is 0.333 e. The molecule has 0 saturated heterocycles. The van der Waals surface area contributed by atoms with Crippen LogP contribution in [0.2, 0.25) is 0 Å². The quantitative estimate of drug-likeness (QED) is 0.219. The molecular formula is C20H41ClN2O3. The zero-order valence-electron chi connectivity index (χ0n) is 16.9. The summed E-state index contributed by atoms with van der Waals surface area (Å²) in [6.45, 7) is 4.72. The van der Waals surface area contributed by atoms with E-state index in [2.05, 4.69) is 6.92 Å². The van der Waals surface area contributed by atoms with Gasteiger partial charge in [0.2, 0.25) is 0 Å². The molecular weight excluding hydrogens is 352 g/mol. The fraction of sp³-hybridized carbons (Fsp3) is 0.900. The largest absolute Gasteiger partial charge is 0.464 e. The fourth-order valence-electron chi connectivity index (χ4n) is 2.98. The lowest BCUT2D eigenvalue weighted by atomic mass is 9.86. The number of esters is 1. The lowest BCUT2D eigenvalue weighted by molar-refractivity contribution is -0.154. The summed E-state index contributed by atoms with van der Waals surface area (Å²) in [5.41, 5.74) is 10.2. The van der Waals surface area contributed by atoms with Gasteiger partial charge in [0.25, 0.3) is 0 Å². The van der Waals surface area contributed by atoms with Crippen LogP contribution in [0.15, 0.2) is 0 Å². The minimum atomic E-state index is -1.49. The van der Waals surface area contributed by atoms with Crippen LogP contribution in [-0.4, -0.2) is 30.4 Å². The van der Waals surface area contributed by atoms with E-state index in [1.165, 1.54) is 38.5 Å². The summed E-state index contributed by atoms with van der Waals surface area (Å²) in [6, 6.07) is 0. The van der Waals surface area contributed by atoms with Gasteiger partial charge in [-0.2, -0.15) is 0 Å². The van der Waals surface area contributed by atoms with Crippen molar-refractivity contribution >= 4 is 24.2 Å². The Morgan fingerprint density at radius 2 is 1.38 bits per heavy atom. The number of carbonyl (C=O) groups excluding carboxylic acids is 2. The topological polar surface area (TPSA) is 95.4 Å². The van der Waals surface area contributed by atoms with E-state index in [4.69, 9.17) is 16.2 Å². The molecule has 0 aromatic rings. The number of ether oxygens (including phenoxy) is 1. The summed E-state index contributed by atoms with van der Waals surface area (Å²) < 4.78 is 5.03. The molecule has 0 rings (SSSR count). The van der Waals surface area contributed by atoms with E-state index in [0.29, 0.717) is 25.8 Å². The van der Waals surface area contributed by atoms with Crippen molar-refractivity contribution in [2.75, 3.05) is 13.2 Å². The average Bonchev–Trinajstić information content (AvgIpc) is 2.60. The molecule has 0 aliphatic heterocycles. The van der Waals surface area contributed by atoms with Gasteiger partial charge in [-0.05, 0) is 39.2 Å². The normalized spacial score (nSPS) is 12.9. The molecule has 5 nitrogen and oxygen atoms in total. The van der Waals surface area contributed by atoms with Gasteiger partial charge in [-0.15, -0.1) is 12.4 Å². The van der Waals surface area contributed by atoms with Crippen LogP contribution in [0.5, 0.6) is 0 Å². The Kier molecular flexibility index (Phi) is 18.8. The van der Waals surface area contributed by atoms with Crippen LogP contribution in [-0.2, 0) is 14.3 Å². The van der Waals surface area contributed by atoms with Crippen LogP contribution >= 0.6 is 12.4 Å². The second-order valence-corrected chi connectivity index (χ2v) is 6.94. The first-order chi connectivity index (χ1) is 12.0. The second kappa shape index (κ2) is 17.7. The summed E-state index contributed by atoms with van der Waals surface area (Å²) in [5, 5.41) is 0. The standard InChI is InChI=1S/C20H40N2O3.ClH/c1-3-5-6-7-8-9-10-11-12-15-18(23)20(22,16-13-14-17-21)19(24)25-4-2;/h3-17,21-22H2,1-2H3;1H/t20-;/m1./s1. The molecule has 0 aliphatic rings. The van der Waals surface area contributed by atoms with E-state index >= 15 is 0 Å². The van der Waals surface area contributed by atoms with Crippen LogP contribution < -0.4 is 11.5 Å². The lowest BCUT2D eigenvalue weighted by Crippen LogP contribution is -2.55. The molecule has 4 N–H and O–H groups in total. The van der Waals surface area contributed by atoms with Gasteiger partial charge in [0.05, 0.1) is 6.61 Å². The van der Waals surface area contributed by atoms with Gasteiger partial charge in [0, 0.05) is 6.42 Å². The summed E-state index contributed by atoms with van der Waals surface area (Å²) >= 11 is 0. The molecule has 0 heterocycles. The van der Waals surface area contributed by atoms with Crippen molar-refractivity contribution in [1.82, 2.24) is 0 Å². The third-order valence-corrected chi connectivity index (χ3v) is 4.67. The van der Waals surface area contributed by atoms with Crippen molar-refractivity contribution in [2.45, 2.75) is 103 Å². The van der Waals surface area contributed by atoms with E-state index in [1.807, 2.05) is 0 Å². The molecule has 0 unspecified atom stereocenters. The highest BCUT2D eigenvalue weighted by atomic mass is 35.5. The van der Waals surface area contributed by atoms with Crippen LogP contribution in [0, 0.1) is 0 Å². The first-order valence-electron chi connectivity index (χ1n) is 10.2. The Balaban J connectivity index is 0. The first-order valence-corrected chi connectivity index (χ1v) is 10.2. The molecule has 0 amide bonds. The first kappa shape index (κ1) is 27.6. The smallest absolute Gasteiger partial charge is 0.333 e. The van der Waals surface area contributed by atoms with E-state index in [-0.39, 0.29) is 24.8 Å². The van der Waals surface area contributed by atoms with Gasteiger partial charge < -0.3 is 16.2 Å². The second-order valence-electron chi connectivity index (χ2n) is 6.94. The molecule has 0 aromatic heterocycles. The predicted molar refractivity (Wildman–Crippen MR) is 111 cm³/mol. The maximum atomic E-state index is 12.5. The number of unbranched alkanes of at least 4 members (excludes halogenated alkanes) is 9. The zero-order valence-corrected chi connectivity index (χ0v) is 17.7. The number of ketones is 1. The highest BCUT2D eigenvalue weighted by Crippen LogP contribution is 2.19. The summed E-state index contributed by atoms with van der Waals surface area (Å²) in [7, 11) is 0. The van der Waals surface area contributed by atoms with Gasteiger partial charge in [0.1, 0.15) is 0 Å². The minimum absolute atomic E-state index is 0. The number of hydrogen-bond donors (Lipinski definition) is 2. The molecule has 0 fully saturated rings. The monoisotopic (exact) mass is 392 g/mol. The van der Waals surface area contributed by atoms with Crippen molar-refractivity contribution in [1.29, 1.82) is 0 Å². The molecule has 0 saturated carbocycles. The molecule has 0 aromatic carbocycles. The Hall–Kier alpha value is -0.650. The number of halogens is 1. The van der Waals surface area contributed by atoms with Crippen molar-refractivity contribution in [3.63, 3.8) is 0 Å². The van der Waals surface area contributed by atoms with Gasteiger partial charge in [-0.3, -0.25) is 4.79 Å². The van der Waals surface area contributed by atoms with Crippen LogP contribution in [0.3, 0.4) is 0 Å². The lowest BCUT2D eigenvalue weighted by Gasteiger charge is -2.25. The molecule has 6 heteroatoms. The molecule has 0 bridgehead atoms. The highest BCUT2D eigenvalue weighted by molar-refractivity contribution is 6.08. The minimum Gasteiger partial charge on any atom is -0.464 e. The van der Waals surface area contributed by atoms with Crippen molar-refractivity contribution in [3.05, 3.63) is 0 Å². The van der Waals surface area contributed by atoms with Crippen molar-refractivity contribution in [2.24, 2.45) is 11.5 Å². The van der Waals surface area contributed by atoms with Gasteiger partial charge in [-0.1, -0.05) is 58.3 Å². The third-order valence-electron chi connectivity index (χ3n) is 4.67. The van der Waals surface area contributed by atoms with E-state index in [9.17, 15) is 9.59 Å². The maximum absolute atomic E-state index is 12.5. The number of nitrogens with two attached hydrogens (primary N) is 2. The molecule has 0 spiro atoms. The average molecular weight is 393 g/mol. The zero-order chi connectivity index (χ0) is 19.0. The highest BCUT2D eigenvalue weighted by Gasteiger charge is 2.41. The predicted octanol–water partition coefficient (Wildman–Crippen LogP) is 4.29. The van der Waals surface area contributed by atoms with E-state index in [1.54, 1.807) is 6.92 Å². The SMILES string of the molecule is CCCCCCCCCCCC(=O)[C@](N)(CCCCN)C(=O)OCC.Cl. The van der Waals surface area contributed by atoms with Gasteiger partial charge >= 0.3 is 5.97 Å². The summed E-state index contributed by atoms with van der Waals surface area (Å²) in [5.74, 6) is -0.779. The Morgan fingerprint density at radius 1 is 0.846 bits per heavy atom. The summed E-state index contributed by atoms with van der Waals surface area (Å²) in [4.78, 5) is 24.7. The van der Waals surface area contributed by atoms with E-state index in [0.717, 1.165) is 25.7 Å². The molecule has 0 radical (unpaired) electrons. The third kappa shape index (κ3) is 11.9. The number of rotatable bonds is 17. The van der Waals surface area contributed by atoms with Crippen molar-refractivity contribution in [3.8, 4) is 0 Å². The van der Waals surface area contributed by atoms with Crippen LogP contribution in [0.4, 0.5) is 0 Å². The fourth-order valence-corrected chi connectivity index (χ4v) is 2.98. The molecule has 0 aliphatic carbocycles. The Bertz CT molecular complexity index is 367. The number of hydrogen-bond acceptors (Lipinski definition) is 5. The van der Waals surface area contributed by atoms with Crippen LogP contribution in [0.1, 0.15) is 97.3 Å². The Morgan fingerprint density at radius 3 is 1.88 bits per heavy atom. The number of Topliss-reactive ketones (excluding diaryl/α,β-unsaturated/α-hetero) is 1. The molecule has 1 atom stereocenters. The summed E-state index contributed by atoms with van der Waals surface area (Å²) in [6.07, 6.45) is 12.8. The van der Waals surface area contributed by atoms with Gasteiger partial charge in [-0.25, -0.2) is 4.79 Å². The number of carbonyl (C=O) groups is 2. The molecule has 156 valence electrons. The van der Waals surface area contributed by atoms with Crippen LogP contribution in [0.25, 0.3) is 0 Å². The van der Waals surface area contributed by atoms with Crippen molar-refractivity contribution < 1.29 is 14.3 Å².